The van der Waals surface area contributed by atoms with Crippen LogP contribution in [-0.2, 0) is 20.9 Å². The maximum Gasteiger partial charge on any atom is 0.328 e. The summed E-state index contributed by atoms with van der Waals surface area (Å²) in [6, 6.07) is 8.27. The number of hydrogen-bond donors (Lipinski definition) is 1. The van der Waals surface area contributed by atoms with E-state index in [1.165, 1.54) is 12.0 Å². The van der Waals surface area contributed by atoms with Gasteiger partial charge in [-0.25, -0.2) is 4.79 Å². The van der Waals surface area contributed by atoms with Crippen molar-refractivity contribution in [1.82, 2.24) is 4.90 Å². The number of carbonyl (C=O) groups is 2. The molecular formula is C16H24N2O3. The normalized spacial score (nSPS) is 13.3. The molecule has 5 heteroatoms. The Morgan fingerprint density at radius 3 is 2.43 bits per heavy atom. The molecule has 116 valence electrons. The molecule has 1 amide bonds. The van der Waals surface area contributed by atoms with Crippen LogP contribution in [-0.4, -0.2) is 36.0 Å². The maximum absolute atomic E-state index is 12.5. The average molecular weight is 292 g/mol. The van der Waals surface area contributed by atoms with E-state index in [2.05, 4.69) is 0 Å². The molecule has 1 rings (SSSR count). The Morgan fingerprint density at radius 2 is 1.90 bits per heavy atom. The van der Waals surface area contributed by atoms with E-state index in [1.807, 2.05) is 37.3 Å². The maximum atomic E-state index is 12.5. The molecule has 0 bridgehead atoms. The highest BCUT2D eigenvalue weighted by molar-refractivity contribution is 5.87. The van der Waals surface area contributed by atoms with E-state index in [0.717, 1.165) is 12.0 Å². The molecule has 21 heavy (non-hydrogen) atoms. The second kappa shape index (κ2) is 8.42. The van der Waals surface area contributed by atoms with Crippen LogP contribution in [0.25, 0.3) is 0 Å². The molecule has 1 aromatic carbocycles. The monoisotopic (exact) mass is 292 g/mol. The van der Waals surface area contributed by atoms with Gasteiger partial charge in [0.15, 0.2) is 0 Å². The van der Waals surface area contributed by atoms with E-state index in [0.29, 0.717) is 13.0 Å². The van der Waals surface area contributed by atoms with Gasteiger partial charge in [0.05, 0.1) is 13.2 Å². The molecule has 0 fully saturated rings. The number of benzene rings is 1. The van der Waals surface area contributed by atoms with Crippen molar-refractivity contribution in [1.29, 1.82) is 0 Å². The summed E-state index contributed by atoms with van der Waals surface area (Å²) in [5.74, 6) is -0.665. The van der Waals surface area contributed by atoms with Gasteiger partial charge in [0, 0.05) is 6.54 Å². The molecule has 2 atom stereocenters. The number of esters is 1. The van der Waals surface area contributed by atoms with E-state index >= 15 is 0 Å². The van der Waals surface area contributed by atoms with Gasteiger partial charge < -0.3 is 15.4 Å². The van der Waals surface area contributed by atoms with E-state index < -0.39 is 18.1 Å². The molecule has 5 nitrogen and oxygen atoms in total. The number of carbonyl (C=O) groups excluding carboxylic acids is 2. The van der Waals surface area contributed by atoms with Gasteiger partial charge in [-0.2, -0.15) is 0 Å². The van der Waals surface area contributed by atoms with Crippen LogP contribution in [0.2, 0.25) is 0 Å². The zero-order chi connectivity index (χ0) is 15.8. The Kier molecular flexibility index (Phi) is 6.88. The zero-order valence-corrected chi connectivity index (χ0v) is 12.9. The van der Waals surface area contributed by atoms with Crippen molar-refractivity contribution in [3.05, 3.63) is 35.9 Å². The molecule has 0 heterocycles. The van der Waals surface area contributed by atoms with Crippen LogP contribution >= 0.6 is 0 Å². The number of hydrogen-bond acceptors (Lipinski definition) is 4. The minimum Gasteiger partial charge on any atom is -0.467 e. The average Bonchev–Trinajstić information content (AvgIpc) is 2.51. The van der Waals surface area contributed by atoms with Gasteiger partial charge in [0.2, 0.25) is 5.91 Å². The van der Waals surface area contributed by atoms with Crippen LogP contribution in [0.3, 0.4) is 0 Å². The smallest absolute Gasteiger partial charge is 0.328 e. The Hall–Kier alpha value is -1.88. The summed E-state index contributed by atoms with van der Waals surface area (Å²) in [6.07, 6.45) is 1.41. The van der Waals surface area contributed by atoms with Crippen LogP contribution in [0.15, 0.2) is 30.3 Å². The lowest BCUT2D eigenvalue weighted by atomic mass is 10.1. The fraction of sp³-hybridized carbons (Fsp3) is 0.500. The number of amides is 1. The zero-order valence-electron chi connectivity index (χ0n) is 12.9. The number of ether oxygens (including phenoxy) is 1. The summed E-state index contributed by atoms with van der Waals surface area (Å²) in [5, 5.41) is 0. The van der Waals surface area contributed by atoms with Gasteiger partial charge >= 0.3 is 5.97 Å². The molecule has 2 N–H and O–H groups in total. The van der Waals surface area contributed by atoms with Crippen LogP contribution in [0.1, 0.15) is 32.3 Å². The molecule has 0 aliphatic rings. The molecule has 0 radical (unpaired) electrons. The number of nitrogens with two attached hydrogens (primary N) is 1. The summed E-state index contributed by atoms with van der Waals surface area (Å²) in [7, 11) is 1.32. The highest BCUT2D eigenvalue weighted by Crippen LogP contribution is 2.12. The highest BCUT2D eigenvalue weighted by Gasteiger charge is 2.29. The fourth-order valence-corrected chi connectivity index (χ4v) is 2.13. The highest BCUT2D eigenvalue weighted by atomic mass is 16.5. The summed E-state index contributed by atoms with van der Waals surface area (Å²) < 4.78 is 4.75. The third-order valence-corrected chi connectivity index (χ3v) is 3.41. The van der Waals surface area contributed by atoms with E-state index in [4.69, 9.17) is 10.5 Å². The van der Waals surface area contributed by atoms with Gasteiger partial charge in [-0.1, -0.05) is 43.7 Å². The van der Waals surface area contributed by atoms with Crippen LogP contribution < -0.4 is 5.73 Å². The molecule has 0 aliphatic heterocycles. The Bertz CT molecular complexity index is 462. The number of nitrogens with zero attached hydrogens (tertiary/aromatic N) is 1. The number of methoxy groups -OCH3 is 1. The van der Waals surface area contributed by atoms with E-state index in [-0.39, 0.29) is 5.91 Å². The van der Waals surface area contributed by atoms with Crippen LogP contribution in [0.5, 0.6) is 0 Å². The molecule has 0 saturated carbocycles. The van der Waals surface area contributed by atoms with Gasteiger partial charge in [-0.3, -0.25) is 4.79 Å². The molecule has 0 saturated heterocycles. The van der Waals surface area contributed by atoms with Crippen molar-refractivity contribution in [3.63, 3.8) is 0 Å². The van der Waals surface area contributed by atoms with Crippen molar-refractivity contribution in [3.8, 4) is 0 Å². The standard InChI is InChI=1S/C16H24N2O3/c1-4-8-14(17)15(19)18(12(2)16(20)21-3)11-13-9-6-5-7-10-13/h5-7,9-10,12,14H,4,8,11,17H2,1-3H3/t12-,14+/m0/s1. The van der Waals surface area contributed by atoms with Gasteiger partial charge in [0.25, 0.3) is 0 Å². The van der Waals surface area contributed by atoms with Gasteiger partial charge in [0.1, 0.15) is 6.04 Å². The summed E-state index contributed by atoms with van der Waals surface area (Å²) in [5.41, 5.74) is 6.87. The Balaban J connectivity index is 2.94. The Labute approximate surface area is 126 Å². The van der Waals surface area contributed by atoms with Gasteiger partial charge in [-0.05, 0) is 18.9 Å². The summed E-state index contributed by atoms with van der Waals surface area (Å²) in [4.78, 5) is 25.8. The first-order valence-electron chi connectivity index (χ1n) is 7.19. The first-order valence-corrected chi connectivity index (χ1v) is 7.19. The lowest BCUT2D eigenvalue weighted by molar-refractivity contribution is -0.153. The first-order chi connectivity index (χ1) is 10.0. The van der Waals surface area contributed by atoms with Crippen molar-refractivity contribution in [2.75, 3.05) is 7.11 Å². The quantitative estimate of drug-likeness (QED) is 0.776. The molecule has 0 aliphatic carbocycles. The molecule has 0 spiro atoms. The van der Waals surface area contributed by atoms with E-state index in [9.17, 15) is 9.59 Å². The second-order valence-corrected chi connectivity index (χ2v) is 5.05. The van der Waals surface area contributed by atoms with Gasteiger partial charge in [-0.15, -0.1) is 0 Å². The van der Waals surface area contributed by atoms with Crippen LogP contribution in [0, 0.1) is 0 Å². The minimum atomic E-state index is -0.661. The van der Waals surface area contributed by atoms with Crippen molar-refractivity contribution >= 4 is 11.9 Å². The van der Waals surface area contributed by atoms with Crippen molar-refractivity contribution in [2.45, 2.75) is 45.3 Å². The fourth-order valence-electron chi connectivity index (χ4n) is 2.13. The minimum absolute atomic E-state index is 0.224. The van der Waals surface area contributed by atoms with E-state index in [1.54, 1.807) is 6.92 Å². The first kappa shape index (κ1) is 17.2. The second-order valence-electron chi connectivity index (χ2n) is 5.05. The van der Waals surface area contributed by atoms with Crippen molar-refractivity contribution < 1.29 is 14.3 Å². The molecule has 0 unspecified atom stereocenters. The number of rotatable bonds is 7. The van der Waals surface area contributed by atoms with Crippen LogP contribution in [0.4, 0.5) is 0 Å². The molecule has 1 aromatic rings. The largest absolute Gasteiger partial charge is 0.467 e. The predicted molar refractivity (Wildman–Crippen MR) is 81.4 cm³/mol. The molecular weight excluding hydrogens is 268 g/mol. The Morgan fingerprint density at radius 1 is 1.29 bits per heavy atom. The third-order valence-electron chi connectivity index (χ3n) is 3.41. The predicted octanol–water partition coefficient (Wildman–Crippen LogP) is 1.70. The van der Waals surface area contributed by atoms with Crippen molar-refractivity contribution in [2.24, 2.45) is 5.73 Å². The summed E-state index contributed by atoms with van der Waals surface area (Å²) >= 11 is 0. The lowest BCUT2D eigenvalue weighted by Crippen LogP contribution is -2.50. The third kappa shape index (κ3) is 4.86. The molecule has 0 aromatic heterocycles. The SMILES string of the molecule is CCC[C@@H](N)C(=O)N(Cc1ccccc1)[C@@H](C)C(=O)OC. The topological polar surface area (TPSA) is 72.6 Å². The lowest BCUT2D eigenvalue weighted by Gasteiger charge is -2.30. The summed E-state index contributed by atoms with van der Waals surface area (Å²) in [6.45, 7) is 3.97.